The summed E-state index contributed by atoms with van der Waals surface area (Å²) in [6, 6.07) is 9.96. The van der Waals surface area contributed by atoms with E-state index in [0.717, 1.165) is 12.2 Å². The molecule has 0 radical (unpaired) electrons. The molecule has 1 aromatic rings. The molecule has 92 valence electrons. The van der Waals surface area contributed by atoms with Gasteiger partial charge < -0.3 is 10.4 Å². The van der Waals surface area contributed by atoms with E-state index >= 15 is 0 Å². The van der Waals surface area contributed by atoms with Gasteiger partial charge in [-0.1, -0.05) is 18.2 Å². The van der Waals surface area contributed by atoms with Crippen LogP contribution in [0.15, 0.2) is 35.2 Å². The third-order valence-electron chi connectivity index (χ3n) is 2.00. The van der Waals surface area contributed by atoms with Crippen molar-refractivity contribution in [3.05, 3.63) is 30.3 Å². The van der Waals surface area contributed by atoms with Gasteiger partial charge in [-0.25, -0.2) is 0 Å². The van der Waals surface area contributed by atoms with Crippen molar-refractivity contribution < 1.29 is 14.7 Å². The number of hydrogen-bond acceptors (Lipinski definition) is 3. The number of amides is 1. The maximum atomic E-state index is 11.2. The number of rotatable bonds is 7. The molecular weight excluding hydrogens is 238 g/mol. The molecule has 0 atom stereocenters. The summed E-state index contributed by atoms with van der Waals surface area (Å²) in [5.74, 6) is -0.372. The molecule has 0 saturated carbocycles. The summed E-state index contributed by atoms with van der Waals surface area (Å²) in [7, 11) is 0. The van der Waals surface area contributed by atoms with Crippen molar-refractivity contribution in [3.8, 4) is 0 Å². The van der Waals surface area contributed by atoms with E-state index < -0.39 is 5.97 Å². The van der Waals surface area contributed by atoms with Gasteiger partial charge in [0.15, 0.2) is 0 Å². The second-order valence-electron chi connectivity index (χ2n) is 3.44. The smallest absolute Gasteiger partial charge is 0.322 e. The third-order valence-corrected chi connectivity index (χ3v) is 3.10. The normalized spacial score (nSPS) is 9.88. The Balaban J connectivity index is 2.08. The lowest BCUT2D eigenvalue weighted by Gasteiger charge is -2.02. The van der Waals surface area contributed by atoms with Crippen LogP contribution in [0.5, 0.6) is 0 Å². The van der Waals surface area contributed by atoms with Crippen LogP contribution in [-0.2, 0) is 9.59 Å². The monoisotopic (exact) mass is 253 g/mol. The van der Waals surface area contributed by atoms with Crippen LogP contribution in [0.3, 0.4) is 0 Å². The molecule has 1 amide bonds. The molecule has 2 N–H and O–H groups in total. The SMILES string of the molecule is O=C(O)CNC(=O)CCCSc1ccccc1. The van der Waals surface area contributed by atoms with Gasteiger partial charge in [0.2, 0.25) is 5.91 Å². The van der Waals surface area contributed by atoms with Crippen molar-refractivity contribution in [2.24, 2.45) is 0 Å². The van der Waals surface area contributed by atoms with Gasteiger partial charge >= 0.3 is 5.97 Å². The minimum absolute atomic E-state index is 0.207. The fourth-order valence-corrected chi connectivity index (χ4v) is 2.08. The number of carboxylic acids is 1. The second-order valence-corrected chi connectivity index (χ2v) is 4.60. The zero-order chi connectivity index (χ0) is 12.5. The lowest BCUT2D eigenvalue weighted by molar-refractivity contribution is -0.137. The van der Waals surface area contributed by atoms with E-state index in [4.69, 9.17) is 5.11 Å². The predicted molar refractivity (Wildman–Crippen MR) is 67.0 cm³/mol. The predicted octanol–water partition coefficient (Wildman–Crippen LogP) is 1.76. The van der Waals surface area contributed by atoms with E-state index in [1.54, 1.807) is 11.8 Å². The molecule has 0 aliphatic rings. The Hall–Kier alpha value is -1.49. The van der Waals surface area contributed by atoms with Gasteiger partial charge in [0.25, 0.3) is 0 Å². The zero-order valence-corrected chi connectivity index (χ0v) is 10.2. The maximum Gasteiger partial charge on any atom is 0.322 e. The van der Waals surface area contributed by atoms with Crippen molar-refractivity contribution in [1.29, 1.82) is 0 Å². The Morgan fingerprint density at radius 2 is 1.94 bits per heavy atom. The first-order chi connectivity index (χ1) is 8.18. The molecule has 0 unspecified atom stereocenters. The number of carboxylic acid groups (broad SMARTS) is 1. The first-order valence-electron chi connectivity index (χ1n) is 5.35. The fraction of sp³-hybridized carbons (Fsp3) is 0.333. The average Bonchev–Trinajstić information content (AvgIpc) is 2.33. The van der Waals surface area contributed by atoms with Gasteiger partial charge in [-0.15, -0.1) is 11.8 Å². The van der Waals surface area contributed by atoms with E-state index in [2.05, 4.69) is 5.32 Å². The molecule has 0 aliphatic heterocycles. The van der Waals surface area contributed by atoms with Crippen molar-refractivity contribution >= 4 is 23.6 Å². The Bertz CT molecular complexity index is 367. The summed E-state index contributed by atoms with van der Waals surface area (Å²) in [4.78, 5) is 22.6. The molecule has 4 nitrogen and oxygen atoms in total. The van der Waals surface area contributed by atoms with Gasteiger partial charge in [0, 0.05) is 11.3 Å². The summed E-state index contributed by atoms with van der Waals surface area (Å²) in [5.41, 5.74) is 0. The summed E-state index contributed by atoms with van der Waals surface area (Å²) >= 11 is 1.69. The largest absolute Gasteiger partial charge is 0.480 e. The highest BCUT2D eigenvalue weighted by atomic mass is 32.2. The highest BCUT2D eigenvalue weighted by molar-refractivity contribution is 7.99. The van der Waals surface area contributed by atoms with Crippen LogP contribution in [0.2, 0.25) is 0 Å². The van der Waals surface area contributed by atoms with Crippen molar-refractivity contribution in [1.82, 2.24) is 5.32 Å². The molecular formula is C12H15NO3S. The van der Waals surface area contributed by atoms with Crippen molar-refractivity contribution in [2.45, 2.75) is 17.7 Å². The molecule has 17 heavy (non-hydrogen) atoms. The minimum Gasteiger partial charge on any atom is -0.480 e. The molecule has 0 fully saturated rings. The molecule has 0 aliphatic carbocycles. The van der Waals surface area contributed by atoms with Crippen LogP contribution < -0.4 is 5.32 Å². The number of carbonyl (C=O) groups excluding carboxylic acids is 1. The maximum absolute atomic E-state index is 11.2. The van der Waals surface area contributed by atoms with E-state index in [1.165, 1.54) is 4.90 Å². The number of thioether (sulfide) groups is 1. The van der Waals surface area contributed by atoms with Gasteiger partial charge in [-0.2, -0.15) is 0 Å². The van der Waals surface area contributed by atoms with Crippen molar-refractivity contribution in [3.63, 3.8) is 0 Å². The second kappa shape index (κ2) is 7.73. The zero-order valence-electron chi connectivity index (χ0n) is 9.39. The topological polar surface area (TPSA) is 66.4 Å². The molecule has 1 rings (SSSR count). The van der Waals surface area contributed by atoms with Crippen molar-refractivity contribution in [2.75, 3.05) is 12.3 Å². The van der Waals surface area contributed by atoms with Gasteiger partial charge in [-0.3, -0.25) is 9.59 Å². The van der Waals surface area contributed by atoms with E-state index in [1.807, 2.05) is 30.3 Å². The number of aliphatic carboxylic acids is 1. The van der Waals surface area contributed by atoms with Gasteiger partial charge in [-0.05, 0) is 24.3 Å². The molecule has 1 aromatic carbocycles. The van der Waals surface area contributed by atoms with E-state index in [9.17, 15) is 9.59 Å². The summed E-state index contributed by atoms with van der Waals surface area (Å²) < 4.78 is 0. The number of carbonyl (C=O) groups is 2. The Labute approximate surface area is 104 Å². The quantitative estimate of drug-likeness (QED) is 0.574. The van der Waals surface area contributed by atoms with Crippen LogP contribution >= 0.6 is 11.8 Å². The summed E-state index contributed by atoms with van der Waals surface area (Å²) in [5, 5.41) is 10.7. The number of nitrogens with one attached hydrogen (secondary N) is 1. The molecule has 0 saturated heterocycles. The lowest BCUT2D eigenvalue weighted by Crippen LogP contribution is -2.28. The fourth-order valence-electron chi connectivity index (χ4n) is 1.20. The lowest BCUT2D eigenvalue weighted by atomic mass is 10.3. The number of hydrogen-bond donors (Lipinski definition) is 2. The average molecular weight is 253 g/mol. The molecule has 0 heterocycles. The highest BCUT2D eigenvalue weighted by Crippen LogP contribution is 2.18. The molecule has 0 spiro atoms. The molecule has 5 heteroatoms. The molecule has 0 bridgehead atoms. The standard InChI is InChI=1S/C12H15NO3S/c14-11(13-9-12(15)16)7-4-8-17-10-5-2-1-3-6-10/h1-3,5-6H,4,7-9H2,(H,13,14)(H,15,16). The Morgan fingerprint density at radius 3 is 2.59 bits per heavy atom. The van der Waals surface area contributed by atoms with Gasteiger partial charge in [0.1, 0.15) is 6.54 Å². The van der Waals surface area contributed by atoms with Crippen LogP contribution in [0, 0.1) is 0 Å². The van der Waals surface area contributed by atoms with Crippen LogP contribution in [0.25, 0.3) is 0 Å². The van der Waals surface area contributed by atoms with E-state index in [-0.39, 0.29) is 12.5 Å². The minimum atomic E-state index is -1.02. The van der Waals surface area contributed by atoms with Crippen LogP contribution in [0.4, 0.5) is 0 Å². The Morgan fingerprint density at radius 1 is 1.24 bits per heavy atom. The third kappa shape index (κ3) is 6.63. The van der Waals surface area contributed by atoms with E-state index in [0.29, 0.717) is 6.42 Å². The van der Waals surface area contributed by atoms with Gasteiger partial charge in [0.05, 0.1) is 0 Å². The summed E-state index contributed by atoms with van der Waals surface area (Å²) in [6.07, 6.45) is 1.11. The van der Waals surface area contributed by atoms with Crippen LogP contribution in [0.1, 0.15) is 12.8 Å². The Kier molecular flexibility index (Phi) is 6.17. The first kappa shape index (κ1) is 13.6. The highest BCUT2D eigenvalue weighted by Gasteiger charge is 2.03. The molecule has 0 aromatic heterocycles. The summed E-state index contributed by atoms with van der Waals surface area (Å²) in [6.45, 7) is -0.301. The van der Waals surface area contributed by atoms with Crippen LogP contribution in [-0.4, -0.2) is 29.3 Å². The number of benzene rings is 1. The first-order valence-corrected chi connectivity index (χ1v) is 6.33.